The molecule has 0 spiro atoms. The van der Waals surface area contributed by atoms with Gasteiger partial charge in [-0.15, -0.1) is 0 Å². The van der Waals surface area contributed by atoms with E-state index in [1.807, 2.05) is 0 Å². The van der Waals surface area contributed by atoms with Crippen molar-refractivity contribution in [2.75, 3.05) is 67.7 Å². The summed E-state index contributed by atoms with van der Waals surface area (Å²) in [4.78, 5) is 27.2. The summed E-state index contributed by atoms with van der Waals surface area (Å²) in [6.07, 6.45) is 0. The fourth-order valence-corrected chi connectivity index (χ4v) is 3.03. The van der Waals surface area contributed by atoms with Crippen molar-refractivity contribution < 1.29 is 34.0 Å². The summed E-state index contributed by atoms with van der Waals surface area (Å²) in [5.74, 6) is -0.724. The molecule has 2 rings (SSSR count). The van der Waals surface area contributed by atoms with E-state index in [1.54, 1.807) is 4.90 Å². The molecule has 1 aromatic heterocycles. The Kier molecular flexibility index (Phi) is 10.8. The Morgan fingerprint density at radius 2 is 1.42 bits per heavy atom. The Bertz CT molecular complexity index is 914. The van der Waals surface area contributed by atoms with Crippen molar-refractivity contribution in [3.8, 4) is 0 Å². The standard InChI is InChI=1S/C18H27N7O7S/c26-10-7-24(6-5-19-33(31)32)17-21-16(20-14-3-1-13(2-4-14)15(29)30)22-18(23-17)25(8-11-27)9-12-28/h1-4,19,26-28H,5-12H2,(H,29,30)(H,31,32)(H,20,21,22,23)/p-1. The van der Waals surface area contributed by atoms with Gasteiger partial charge in [0.15, 0.2) is 0 Å². The number of carboxylic acid groups (broad SMARTS) is 1. The summed E-state index contributed by atoms with van der Waals surface area (Å²) in [6.45, 7) is -0.152. The Morgan fingerprint density at radius 3 is 1.88 bits per heavy atom. The van der Waals surface area contributed by atoms with E-state index in [2.05, 4.69) is 25.0 Å². The smallest absolute Gasteiger partial charge is 0.335 e. The molecule has 33 heavy (non-hydrogen) atoms. The number of hydrogen-bond acceptors (Lipinski definition) is 12. The third-order valence-corrected chi connectivity index (χ3v) is 4.72. The number of aromatic nitrogens is 3. The first-order chi connectivity index (χ1) is 15.9. The fourth-order valence-electron chi connectivity index (χ4n) is 2.77. The van der Waals surface area contributed by atoms with E-state index >= 15 is 0 Å². The molecule has 0 aliphatic rings. The van der Waals surface area contributed by atoms with Crippen molar-refractivity contribution >= 4 is 40.8 Å². The van der Waals surface area contributed by atoms with Crippen LogP contribution >= 0.6 is 0 Å². The van der Waals surface area contributed by atoms with Gasteiger partial charge in [-0.2, -0.15) is 15.0 Å². The van der Waals surface area contributed by atoms with Gasteiger partial charge < -0.3 is 40.1 Å². The van der Waals surface area contributed by atoms with Gasteiger partial charge in [0.2, 0.25) is 17.8 Å². The molecule has 0 bridgehead atoms. The molecule has 1 heterocycles. The molecule has 0 radical (unpaired) electrons. The summed E-state index contributed by atoms with van der Waals surface area (Å²) >= 11 is -2.46. The lowest BCUT2D eigenvalue weighted by Gasteiger charge is -2.26. The van der Waals surface area contributed by atoms with Crippen LogP contribution in [0.25, 0.3) is 0 Å². The van der Waals surface area contributed by atoms with E-state index in [1.165, 1.54) is 29.2 Å². The molecule has 0 saturated carbocycles. The fraction of sp³-hybridized carbons (Fsp3) is 0.444. The van der Waals surface area contributed by atoms with Crippen LogP contribution in [0.1, 0.15) is 10.4 Å². The Hall–Kier alpha value is -2.95. The van der Waals surface area contributed by atoms with E-state index in [4.69, 9.17) is 5.11 Å². The maximum Gasteiger partial charge on any atom is 0.335 e. The minimum atomic E-state index is -2.46. The van der Waals surface area contributed by atoms with Crippen molar-refractivity contribution in [1.29, 1.82) is 0 Å². The summed E-state index contributed by atoms with van der Waals surface area (Å²) in [5.41, 5.74) is 0.600. The molecule has 6 N–H and O–H groups in total. The second-order valence-electron chi connectivity index (χ2n) is 6.54. The van der Waals surface area contributed by atoms with Crippen molar-refractivity contribution in [1.82, 2.24) is 19.7 Å². The van der Waals surface area contributed by atoms with Gasteiger partial charge >= 0.3 is 5.97 Å². The highest BCUT2D eigenvalue weighted by Crippen LogP contribution is 2.20. The molecule has 15 heteroatoms. The van der Waals surface area contributed by atoms with Gasteiger partial charge in [-0.3, -0.25) is 4.21 Å². The van der Waals surface area contributed by atoms with Crippen molar-refractivity contribution in [2.24, 2.45) is 0 Å². The number of aliphatic hydroxyl groups is 3. The van der Waals surface area contributed by atoms with E-state index in [0.29, 0.717) is 5.69 Å². The molecule has 0 aliphatic heterocycles. The van der Waals surface area contributed by atoms with Crippen LogP contribution in [0, 0.1) is 0 Å². The number of rotatable bonds is 15. The number of nitrogens with zero attached hydrogens (tertiary/aromatic N) is 5. The van der Waals surface area contributed by atoms with Gasteiger partial charge in [-0.05, 0) is 24.3 Å². The van der Waals surface area contributed by atoms with Gasteiger partial charge in [0.1, 0.15) is 0 Å². The highest BCUT2D eigenvalue weighted by atomic mass is 32.2. The number of nitrogens with one attached hydrogen (secondary N) is 2. The maximum atomic E-state index is 11.1. The SMILES string of the molecule is O=C(O)c1ccc(Nc2nc(N(CCO)CCO)nc(N(CCO)CCNS(=O)[O-])n2)cc1. The van der Waals surface area contributed by atoms with Crippen LogP contribution in [0.5, 0.6) is 0 Å². The van der Waals surface area contributed by atoms with Gasteiger partial charge in [0, 0.05) is 49.7 Å². The average molecular weight is 485 g/mol. The first kappa shape index (κ1) is 26.3. The minimum absolute atomic E-state index is 0.0353. The summed E-state index contributed by atoms with van der Waals surface area (Å²) in [5, 5.41) is 40.2. The van der Waals surface area contributed by atoms with Crippen molar-refractivity contribution in [3.63, 3.8) is 0 Å². The average Bonchev–Trinajstić information content (AvgIpc) is 2.78. The molecule has 182 valence electrons. The monoisotopic (exact) mass is 484 g/mol. The van der Waals surface area contributed by atoms with Crippen LogP contribution in [-0.2, 0) is 11.3 Å². The van der Waals surface area contributed by atoms with Crippen molar-refractivity contribution in [3.05, 3.63) is 29.8 Å². The second kappa shape index (κ2) is 13.6. The third-order valence-electron chi connectivity index (χ3n) is 4.28. The number of carboxylic acids is 1. The van der Waals surface area contributed by atoms with Crippen LogP contribution in [0.2, 0.25) is 0 Å². The number of aromatic carboxylic acids is 1. The minimum Gasteiger partial charge on any atom is -0.760 e. The topological polar surface area (TPSA) is 207 Å². The molecule has 2 aromatic rings. The van der Waals surface area contributed by atoms with E-state index in [9.17, 15) is 28.9 Å². The molecule has 0 fully saturated rings. The zero-order valence-electron chi connectivity index (χ0n) is 17.6. The lowest BCUT2D eigenvalue weighted by molar-refractivity contribution is 0.0697. The molecule has 1 aromatic carbocycles. The number of hydrogen-bond donors (Lipinski definition) is 6. The summed E-state index contributed by atoms with van der Waals surface area (Å²) < 4.78 is 23.8. The summed E-state index contributed by atoms with van der Waals surface area (Å²) in [7, 11) is 0. The van der Waals surface area contributed by atoms with Crippen LogP contribution in [-0.4, -0.2) is 103 Å². The normalized spacial score (nSPS) is 11.8. The zero-order chi connectivity index (χ0) is 24.2. The third kappa shape index (κ3) is 8.49. The molecular formula is C18H26N7O7S-. The predicted molar refractivity (Wildman–Crippen MR) is 119 cm³/mol. The van der Waals surface area contributed by atoms with Gasteiger partial charge in [0.25, 0.3) is 0 Å². The molecular weight excluding hydrogens is 458 g/mol. The van der Waals surface area contributed by atoms with Crippen LogP contribution in [0.15, 0.2) is 24.3 Å². The Morgan fingerprint density at radius 1 is 0.909 bits per heavy atom. The lowest BCUT2D eigenvalue weighted by atomic mass is 10.2. The van der Waals surface area contributed by atoms with Crippen LogP contribution in [0.3, 0.4) is 0 Å². The molecule has 1 unspecified atom stereocenters. The first-order valence-corrected chi connectivity index (χ1v) is 11.0. The number of carbonyl (C=O) groups is 1. The van der Waals surface area contributed by atoms with E-state index < -0.39 is 17.2 Å². The molecule has 0 saturated heterocycles. The summed E-state index contributed by atoms with van der Waals surface area (Å²) in [6, 6.07) is 5.88. The maximum absolute atomic E-state index is 11.1. The predicted octanol–water partition coefficient (Wildman–Crippen LogP) is -1.71. The largest absolute Gasteiger partial charge is 0.760 e. The second-order valence-corrected chi connectivity index (χ2v) is 7.30. The highest BCUT2D eigenvalue weighted by molar-refractivity contribution is 7.77. The van der Waals surface area contributed by atoms with Crippen LogP contribution in [0.4, 0.5) is 23.5 Å². The van der Waals surface area contributed by atoms with Gasteiger partial charge in [0.05, 0.1) is 25.4 Å². The number of aliphatic hydroxyl groups excluding tert-OH is 3. The number of benzene rings is 1. The molecule has 0 amide bonds. The lowest BCUT2D eigenvalue weighted by Crippen LogP contribution is -2.37. The van der Waals surface area contributed by atoms with Crippen molar-refractivity contribution in [2.45, 2.75) is 0 Å². The highest BCUT2D eigenvalue weighted by Gasteiger charge is 2.17. The zero-order valence-corrected chi connectivity index (χ0v) is 18.4. The first-order valence-electron chi connectivity index (χ1n) is 9.89. The Balaban J connectivity index is 2.40. The van der Waals surface area contributed by atoms with E-state index in [-0.39, 0.29) is 76.0 Å². The van der Waals surface area contributed by atoms with Gasteiger partial charge in [-0.25, -0.2) is 9.52 Å². The van der Waals surface area contributed by atoms with Crippen LogP contribution < -0.4 is 19.8 Å². The molecule has 14 nitrogen and oxygen atoms in total. The van der Waals surface area contributed by atoms with Gasteiger partial charge in [-0.1, -0.05) is 0 Å². The van der Waals surface area contributed by atoms with E-state index in [0.717, 1.165) is 0 Å². The molecule has 1 atom stereocenters. The number of anilines is 4. The Labute approximate surface area is 192 Å². The quantitative estimate of drug-likeness (QED) is 0.156. The molecule has 0 aliphatic carbocycles.